The molecule has 1 heterocycles. The van der Waals surface area contributed by atoms with Gasteiger partial charge in [-0.25, -0.2) is 0 Å². The van der Waals surface area contributed by atoms with Crippen molar-refractivity contribution in [3.05, 3.63) is 60.7 Å². The summed E-state index contributed by atoms with van der Waals surface area (Å²) in [6.07, 6.45) is 2.01. The van der Waals surface area contributed by atoms with Gasteiger partial charge in [-0.15, -0.1) is 0 Å². The summed E-state index contributed by atoms with van der Waals surface area (Å²) in [5.41, 5.74) is 0. The number of benzene rings is 2. The zero-order valence-corrected chi connectivity index (χ0v) is 14.2. The number of aliphatic hydroxyl groups is 1. The van der Waals surface area contributed by atoms with E-state index >= 15 is 0 Å². The van der Waals surface area contributed by atoms with Gasteiger partial charge >= 0.3 is 0 Å². The van der Waals surface area contributed by atoms with Crippen LogP contribution in [0.2, 0.25) is 12.6 Å². The Bertz CT molecular complexity index is 541. The lowest BCUT2D eigenvalue weighted by Crippen LogP contribution is -2.58. The van der Waals surface area contributed by atoms with Crippen LogP contribution < -0.4 is 15.7 Å². The van der Waals surface area contributed by atoms with Gasteiger partial charge in [-0.3, -0.25) is 0 Å². The SMILES string of the molecule is C[Si](CC(O)C1CCCN1)(c1ccccc1)c1ccccc1. The van der Waals surface area contributed by atoms with E-state index in [9.17, 15) is 5.11 Å². The van der Waals surface area contributed by atoms with Crippen LogP contribution in [-0.4, -0.2) is 31.9 Å². The Kier molecular flexibility index (Phi) is 4.77. The highest BCUT2D eigenvalue weighted by Crippen LogP contribution is 2.20. The molecule has 116 valence electrons. The molecule has 0 radical (unpaired) electrons. The highest BCUT2D eigenvalue weighted by molar-refractivity contribution is 7.01. The van der Waals surface area contributed by atoms with Crippen molar-refractivity contribution in [2.75, 3.05) is 6.54 Å². The van der Waals surface area contributed by atoms with Gasteiger partial charge in [0.05, 0.1) is 6.10 Å². The molecule has 22 heavy (non-hydrogen) atoms. The first kappa shape index (κ1) is 15.5. The molecule has 2 aromatic carbocycles. The van der Waals surface area contributed by atoms with Gasteiger partial charge in [0.25, 0.3) is 0 Å². The predicted molar refractivity (Wildman–Crippen MR) is 95.6 cm³/mol. The fraction of sp³-hybridized carbons (Fsp3) is 0.368. The third-order valence-electron chi connectivity index (χ3n) is 5.00. The summed E-state index contributed by atoms with van der Waals surface area (Å²) < 4.78 is 0. The molecule has 0 amide bonds. The predicted octanol–water partition coefficient (Wildman–Crippen LogP) is 1.99. The first-order chi connectivity index (χ1) is 10.7. The van der Waals surface area contributed by atoms with Crippen molar-refractivity contribution in [2.24, 2.45) is 0 Å². The molecule has 1 aliphatic heterocycles. The smallest absolute Gasteiger partial charge is 0.117 e. The van der Waals surface area contributed by atoms with Gasteiger partial charge in [0, 0.05) is 6.04 Å². The Morgan fingerprint density at radius 1 is 1.05 bits per heavy atom. The van der Waals surface area contributed by atoms with E-state index in [2.05, 4.69) is 72.5 Å². The minimum absolute atomic E-state index is 0.263. The van der Waals surface area contributed by atoms with Crippen molar-refractivity contribution < 1.29 is 5.11 Å². The Morgan fingerprint density at radius 2 is 1.59 bits per heavy atom. The Hall–Kier alpha value is -1.42. The number of hydrogen-bond acceptors (Lipinski definition) is 2. The van der Waals surface area contributed by atoms with E-state index < -0.39 is 8.07 Å². The van der Waals surface area contributed by atoms with E-state index in [-0.39, 0.29) is 12.1 Å². The molecule has 2 nitrogen and oxygen atoms in total. The van der Waals surface area contributed by atoms with Crippen LogP contribution in [0.1, 0.15) is 12.8 Å². The van der Waals surface area contributed by atoms with E-state index in [1.54, 1.807) is 0 Å². The van der Waals surface area contributed by atoms with Crippen molar-refractivity contribution in [1.82, 2.24) is 5.32 Å². The maximum Gasteiger partial charge on any atom is 0.117 e. The first-order valence-corrected chi connectivity index (χ1v) is 10.9. The molecule has 0 spiro atoms. The zero-order valence-electron chi connectivity index (χ0n) is 13.2. The third-order valence-corrected chi connectivity index (χ3v) is 9.45. The van der Waals surface area contributed by atoms with Crippen molar-refractivity contribution in [3.63, 3.8) is 0 Å². The third kappa shape index (κ3) is 3.17. The van der Waals surface area contributed by atoms with Crippen molar-refractivity contribution in [1.29, 1.82) is 0 Å². The lowest BCUT2D eigenvalue weighted by atomic mass is 10.1. The largest absolute Gasteiger partial charge is 0.392 e. The summed E-state index contributed by atoms with van der Waals surface area (Å²) in [4.78, 5) is 0. The molecule has 2 aromatic rings. The second-order valence-electron chi connectivity index (χ2n) is 6.54. The van der Waals surface area contributed by atoms with E-state index in [0.717, 1.165) is 19.0 Å². The van der Waals surface area contributed by atoms with Crippen molar-refractivity contribution >= 4 is 18.4 Å². The summed E-state index contributed by atoms with van der Waals surface area (Å²) in [5.74, 6) is 0. The van der Waals surface area contributed by atoms with Crippen LogP contribution in [-0.2, 0) is 0 Å². The van der Waals surface area contributed by atoms with E-state index in [1.807, 2.05) is 0 Å². The average molecular weight is 312 g/mol. The summed E-state index contributed by atoms with van der Waals surface area (Å²) in [6.45, 7) is 3.42. The lowest BCUT2D eigenvalue weighted by molar-refractivity contribution is 0.153. The van der Waals surface area contributed by atoms with E-state index in [1.165, 1.54) is 16.8 Å². The fourth-order valence-electron chi connectivity index (χ4n) is 3.61. The quantitative estimate of drug-likeness (QED) is 0.828. The van der Waals surface area contributed by atoms with E-state index in [0.29, 0.717) is 0 Å². The van der Waals surface area contributed by atoms with Gasteiger partial charge in [-0.05, 0) is 25.4 Å². The van der Waals surface area contributed by atoms with Gasteiger partial charge < -0.3 is 10.4 Å². The maximum atomic E-state index is 10.8. The van der Waals surface area contributed by atoms with Gasteiger partial charge in [0.15, 0.2) is 0 Å². The molecular formula is C19H25NOSi. The Labute approximate surface area is 134 Å². The number of aliphatic hydroxyl groups excluding tert-OH is 1. The molecule has 0 saturated carbocycles. The number of rotatable bonds is 5. The van der Waals surface area contributed by atoms with Crippen LogP contribution in [0.5, 0.6) is 0 Å². The Balaban J connectivity index is 1.93. The summed E-state index contributed by atoms with van der Waals surface area (Å²) in [6, 6.07) is 22.7. The Morgan fingerprint density at radius 3 is 2.05 bits per heavy atom. The molecule has 2 unspecified atom stereocenters. The van der Waals surface area contributed by atoms with Crippen LogP contribution in [0.25, 0.3) is 0 Å². The minimum atomic E-state index is -1.92. The highest BCUT2D eigenvalue weighted by Gasteiger charge is 2.36. The second kappa shape index (κ2) is 6.78. The number of hydrogen-bond donors (Lipinski definition) is 2. The molecule has 3 rings (SSSR count). The normalized spacial score (nSPS) is 20.0. The van der Waals surface area contributed by atoms with Crippen LogP contribution in [0.3, 0.4) is 0 Å². The summed E-state index contributed by atoms with van der Waals surface area (Å²) >= 11 is 0. The summed E-state index contributed by atoms with van der Waals surface area (Å²) in [5, 5.41) is 17.0. The standard InChI is InChI=1S/C19H25NOSi/c1-22(16-9-4-2-5-10-16,17-11-6-3-7-12-17)15-19(21)18-13-8-14-20-18/h2-7,9-12,18-21H,8,13-15H2,1H3. The highest BCUT2D eigenvalue weighted by atomic mass is 28.3. The van der Waals surface area contributed by atoms with Gasteiger partial charge in [-0.2, -0.15) is 0 Å². The van der Waals surface area contributed by atoms with Crippen molar-refractivity contribution in [2.45, 2.75) is 37.6 Å². The average Bonchev–Trinajstić information content (AvgIpc) is 3.11. The molecular weight excluding hydrogens is 286 g/mol. The zero-order chi connectivity index (χ0) is 15.4. The molecule has 0 aromatic heterocycles. The molecule has 0 aliphatic carbocycles. The van der Waals surface area contributed by atoms with Gasteiger partial charge in [0.1, 0.15) is 8.07 Å². The van der Waals surface area contributed by atoms with Gasteiger partial charge in [0.2, 0.25) is 0 Å². The van der Waals surface area contributed by atoms with Crippen LogP contribution >= 0.6 is 0 Å². The van der Waals surface area contributed by atoms with Gasteiger partial charge in [-0.1, -0.05) is 77.6 Å². The van der Waals surface area contributed by atoms with Crippen LogP contribution in [0, 0.1) is 0 Å². The molecule has 2 atom stereocenters. The molecule has 2 N–H and O–H groups in total. The second-order valence-corrected chi connectivity index (χ2v) is 10.8. The summed E-state index contributed by atoms with van der Waals surface area (Å²) in [7, 11) is -1.92. The maximum absolute atomic E-state index is 10.8. The molecule has 0 bridgehead atoms. The molecule has 1 saturated heterocycles. The molecule has 3 heteroatoms. The van der Waals surface area contributed by atoms with Crippen molar-refractivity contribution in [3.8, 4) is 0 Å². The topological polar surface area (TPSA) is 32.3 Å². The number of nitrogens with one attached hydrogen (secondary N) is 1. The fourth-order valence-corrected chi connectivity index (χ4v) is 7.40. The van der Waals surface area contributed by atoms with Crippen LogP contribution in [0.4, 0.5) is 0 Å². The molecule has 1 aliphatic rings. The lowest BCUT2D eigenvalue weighted by Gasteiger charge is -2.33. The monoisotopic (exact) mass is 311 g/mol. The minimum Gasteiger partial charge on any atom is -0.392 e. The first-order valence-electron chi connectivity index (χ1n) is 8.23. The van der Waals surface area contributed by atoms with Crippen LogP contribution in [0.15, 0.2) is 60.7 Å². The van der Waals surface area contributed by atoms with E-state index in [4.69, 9.17) is 0 Å². The molecule has 1 fully saturated rings.